The highest BCUT2D eigenvalue weighted by Crippen LogP contribution is 2.28. The SMILES string of the molecule is CC(C)Cc1cc(C(=O)O)c(-c2ccnn2C)o1. The zero-order valence-electron chi connectivity index (χ0n) is 10.7. The summed E-state index contributed by atoms with van der Waals surface area (Å²) in [6.45, 7) is 4.12. The van der Waals surface area contributed by atoms with E-state index < -0.39 is 5.97 Å². The first-order valence-corrected chi connectivity index (χ1v) is 5.83. The van der Waals surface area contributed by atoms with Crippen molar-refractivity contribution >= 4 is 5.97 Å². The van der Waals surface area contributed by atoms with E-state index >= 15 is 0 Å². The lowest BCUT2D eigenvalue weighted by Crippen LogP contribution is -1.99. The summed E-state index contributed by atoms with van der Waals surface area (Å²) in [6.07, 6.45) is 2.34. The van der Waals surface area contributed by atoms with Crippen LogP contribution in [-0.2, 0) is 13.5 Å². The Kier molecular flexibility index (Phi) is 3.23. The second-order valence-electron chi connectivity index (χ2n) is 4.70. The van der Waals surface area contributed by atoms with Crippen LogP contribution in [-0.4, -0.2) is 20.9 Å². The van der Waals surface area contributed by atoms with Crippen molar-refractivity contribution in [3.8, 4) is 11.5 Å². The minimum absolute atomic E-state index is 0.189. The predicted octanol–water partition coefficient (Wildman–Crippen LogP) is 2.58. The average molecular weight is 248 g/mol. The quantitative estimate of drug-likeness (QED) is 0.902. The van der Waals surface area contributed by atoms with Gasteiger partial charge in [0.25, 0.3) is 0 Å². The van der Waals surface area contributed by atoms with Crippen molar-refractivity contribution in [2.75, 3.05) is 0 Å². The Morgan fingerprint density at radius 2 is 2.28 bits per heavy atom. The van der Waals surface area contributed by atoms with E-state index in [9.17, 15) is 9.90 Å². The Labute approximate surface area is 105 Å². The summed E-state index contributed by atoms with van der Waals surface area (Å²) in [6, 6.07) is 3.34. The van der Waals surface area contributed by atoms with E-state index in [0.717, 1.165) is 6.42 Å². The molecule has 0 fully saturated rings. The number of carbonyl (C=O) groups is 1. The highest BCUT2D eigenvalue weighted by Gasteiger charge is 2.21. The predicted molar refractivity (Wildman–Crippen MR) is 66.4 cm³/mol. The molecule has 0 saturated heterocycles. The van der Waals surface area contributed by atoms with Crippen molar-refractivity contribution in [2.24, 2.45) is 13.0 Å². The number of furan rings is 1. The Bertz CT molecular complexity index is 567. The van der Waals surface area contributed by atoms with Gasteiger partial charge < -0.3 is 9.52 Å². The van der Waals surface area contributed by atoms with Gasteiger partial charge in [0.05, 0.1) is 0 Å². The Hall–Kier alpha value is -2.04. The van der Waals surface area contributed by atoms with Gasteiger partial charge in [-0.3, -0.25) is 4.68 Å². The average Bonchev–Trinajstić information content (AvgIpc) is 2.83. The number of carboxylic acids is 1. The molecule has 0 amide bonds. The molecule has 0 aromatic carbocycles. The second kappa shape index (κ2) is 4.68. The van der Waals surface area contributed by atoms with Crippen molar-refractivity contribution in [1.29, 1.82) is 0 Å². The summed E-state index contributed by atoms with van der Waals surface area (Å²) in [7, 11) is 1.76. The first-order chi connectivity index (χ1) is 8.49. The molecule has 2 aromatic rings. The molecule has 0 atom stereocenters. The van der Waals surface area contributed by atoms with Crippen LogP contribution < -0.4 is 0 Å². The Morgan fingerprint density at radius 1 is 1.56 bits per heavy atom. The van der Waals surface area contributed by atoms with E-state index in [-0.39, 0.29) is 5.56 Å². The van der Waals surface area contributed by atoms with Crippen LogP contribution >= 0.6 is 0 Å². The van der Waals surface area contributed by atoms with Gasteiger partial charge >= 0.3 is 5.97 Å². The van der Waals surface area contributed by atoms with Gasteiger partial charge in [0.1, 0.15) is 17.0 Å². The fraction of sp³-hybridized carbons (Fsp3) is 0.385. The second-order valence-corrected chi connectivity index (χ2v) is 4.70. The van der Waals surface area contributed by atoms with E-state index in [0.29, 0.717) is 23.1 Å². The lowest BCUT2D eigenvalue weighted by Gasteiger charge is -2.01. The normalized spacial score (nSPS) is 11.1. The lowest BCUT2D eigenvalue weighted by molar-refractivity contribution is 0.0697. The Balaban J connectivity index is 2.48. The van der Waals surface area contributed by atoms with Crippen LogP contribution in [0.1, 0.15) is 30.0 Å². The zero-order chi connectivity index (χ0) is 13.3. The van der Waals surface area contributed by atoms with Crippen LogP contribution in [0.2, 0.25) is 0 Å². The van der Waals surface area contributed by atoms with Crippen LogP contribution in [0.15, 0.2) is 22.7 Å². The molecule has 0 radical (unpaired) electrons. The first kappa shape index (κ1) is 12.4. The topological polar surface area (TPSA) is 68.3 Å². The largest absolute Gasteiger partial charge is 0.478 e. The maximum atomic E-state index is 11.2. The summed E-state index contributed by atoms with van der Waals surface area (Å²) in [4.78, 5) is 11.2. The van der Waals surface area contributed by atoms with Gasteiger partial charge in [0.2, 0.25) is 0 Å². The summed E-state index contributed by atoms with van der Waals surface area (Å²) in [5.74, 6) is 0.499. The fourth-order valence-corrected chi connectivity index (χ4v) is 1.89. The van der Waals surface area contributed by atoms with Crippen LogP contribution in [0.3, 0.4) is 0 Å². The number of aryl methyl sites for hydroxylation is 1. The van der Waals surface area contributed by atoms with E-state index in [1.807, 2.05) is 0 Å². The van der Waals surface area contributed by atoms with Gasteiger partial charge in [0, 0.05) is 19.7 Å². The Morgan fingerprint density at radius 3 is 2.78 bits per heavy atom. The molecule has 2 aromatic heterocycles. The smallest absolute Gasteiger partial charge is 0.339 e. The standard InChI is InChI=1S/C13H16N2O3/c1-8(2)6-9-7-10(13(16)17)12(18-9)11-4-5-14-15(11)3/h4-5,7-8H,6H2,1-3H3,(H,16,17). The molecule has 2 heterocycles. The third-order valence-electron chi connectivity index (χ3n) is 2.68. The number of hydrogen-bond acceptors (Lipinski definition) is 3. The molecule has 0 aliphatic rings. The summed E-state index contributed by atoms with van der Waals surface area (Å²) in [5, 5.41) is 13.2. The molecule has 0 bridgehead atoms. The number of nitrogens with zero attached hydrogens (tertiary/aromatic N) is 2. The van der Waals surface area contributed by atoms with Crippen molar-refractivity contribution < 1.29 is 14.3 Å². The maximum absolute atomic E-state index is 11.2. The number of carboxylic acid groups (broad SMARTS) is 1. The van der Waals surface area contributed by atoms with Crippen molar-refractivity contribution in [3.05, 3.63) is 29.7 Å². The monoisotopic (exact) mass is 248 g/mol. The van der Waals surface area contributed by atoms with E-state index in [4.69, 9.17) is 4.42 Å². The van der Waals surface area contributed by atoms with Gasteiger partial charge in [-0.15, -0.1) is 0 Å². The van der Waals surface area contributed by atoms with Crippen molar-refractivity contribution in [1.82, 2.24) is 9.78 Å². The zero-order valence-corrected chi connectivity index (χ0v) is 10.7. The molecule has 5 heteroatoms. The number of rotatable bonds is 4. The van der Waals surface area contributed by atoms with Crippen LogP contribution in [0.25, 0.3) is 11.5 Å². The van der Waals surface area contributed by atoms with Crippen LogP contribution in [0.4, 0.5) is 0 Å². The molecule has 0 spiro atoms. The number of aromatic nitrogens is 2. The molecule has 0 saturated carbocycles. The van der Waals surface area contributed by atoms with Gasteiger partial charge in [-0.2, -0.15) is 5.10 Å². The van der Waals surface area contributed by atoms with Crippen LogP contribution in [0, 0.1) is 5.92 Å². The maximum Gasteiger partial charge on any atom is 0.339 e. The van der Waals surface area contributed by atoms with Crippen LogP contribution in [0.5, 0.6) is 0 Å². The van der Waals surface area contributed by atoms with Gasteiger partial charge in [0.15, 0.2) is 5.76 Å². The minimum atomic E-state index is -0.982. The number of aromatic carboxylic acids is 1. The lowest BCUT2D eigenvalue weighted by atomic mass is 10.1. The minimum Gasteiger partial charge on any atom is -0.478 e. The molecule has 5 nitrogen and oxygen atoms in total. The van der Waals surface area contributed by atoms with Gasteiger partial charge in [-0.05, 0) is 18.1 Å². The molecular weight excluding hydrogens is 232 g/mol. The summed E-state index contributed by atoms with van der Waals surface area (Å²) in [5.41, 5.74) is 0.858. The molecule has 0 aliphatic carbocycles. The molecule has 96 valence electrons. The molecule has 1 N–H and O–H groups in total. The third-order valence-corrected chi connectivity index (χ3v) is 2.68. The fourth-order valence-electron chi connectivity index (χ4n) is 1.89. The van der Waals surface area contributed by atoms with E-state index in [2.05, 4.69) is 18.9 Å². The highest BCUT2D eigenvalue weighted by atomic mass is 16.4. The number of hydrogen-bond donors (Lipinski definition) is 1. The summed E-state index contributed by atoms with van der Waals surface area (Å²) < 4.78 is 7.27. The highest BCUT2D eigenvalue weighted by molar-refractivity contribution is 5.94. The first-order valence-electron chi connectivity index (χ1n) is 5.83. The van der Waals surface area contributed by atoms with Crippen molar-refractivity contribution in [2.45, 2.75) is 20.3 Å². The third kappa shape index (κ3) is 2.30. The van der Waals surface area contributed by atoms with E-state index in [1.165, 1.54) is 0 Å². The molecule has 0 aliphatic heterocycles. The van der Waals surface area contributed by atoms with E-state index in [1.54, 1.807) is 30.1 Å². The van der Waals surface area contributed by atoms with Crippen molar-refractivity contribution in [3.63, 3.8) is 0 Å². The van der Waals surface area contributed by atoms with Gasteiger partial charge in [-0.25, -0.2) is 4.79 Å². The summed E-state index contributed by atoms with van der Waals surface area (Å²) >= 11 is 0. The van der Waals surface area contributed by atoms with Gasteiger partial charge in [-0.1, -0.05) is 13.8 Å². The molecular formula is C13H16N2O3. The molecule has 2 rings (SSSR count). The molecule has 0 unspecified atom stereocenters. The molecule has 18 heavy (non-hydrogen) atoms.